The molecule has 1 amide bonds. The smallest absolute Gasteiger partial charge is 0.407 e. The zero-order chi connectivity index (χ0) is 52.3. The molecule has 0 saturated heterocycles. The van der Waals surface area contributed by atoms with Crippen LogP contribution in [0.3, 0.4) is 0 Å². The largest absolute Gasteiger partial charge is 0.465 e. The number of unbranched alkanes of at least 4 members (excludes halogenated alkanes) is 24. The lowest BCUT2D eigenvalue weighted by molar-refractivity contribution is -0.151. The normalized spacial score (nSPS) is 11.5. The Morgan fingerprint density at radius 1 is 0.366 bits per heavy atom. The van der Waals surface area contributed by atoms with Crippen LogP contribution in [-0.4, -0.2) is 93.1 Å². The van der Waals surface area contributed by atoms with Crippen molar-refractivity contribution in [1.29, 1.82) is 0 Å². The number of nitrogens with zero attached hydrogens (tertiary/aromatic N) is 1. The summed E-state index contributed by atoms with van der Waals surface area (Å²) < 4.78 is 28.6. The Balaban J connectivity index is 4.91. The zero-order valence-corrected chi connectivity index (χ0v) is 47.1. The van der Waals surface area contributed by atoms with E-state index in [9.17, 15) is 24.0 Å². The molecule has 418 valence electrons. The van der Waals surface area contributed by atoms with Crippen LogP contribution in [0.15, 0.2) is 0 Å². The third kappa shape index (κ3) is 46.6. The van der Waals surface area contributed by atoms with E-state index in [1.54, 1.807) is 0 Å². The van der Waals surface area contributed by atoms with Gasteiger partial charge >= 0.3 is 30.0 Å². The Kier molecular flexibility index (Phi) is 49.9. The molecule has 0 bridgehead atoms. The molecular formula is C59H112N2O10. The number of alkyl carbamates (subject to hydrolysis) is 1. The predicted molar refractivity (Wildman–Crippen MR) is 290 cm³/mol. The van der Waals surface area contributed by atoms with Gasteiger partial charge in [-0.2, -0.15) is 0 Å². The second-order valence-electron chi connectivity index (χ2n) is 20.4. The molecular weight excluding hydrogens is 897 g/mol. The summed E-state index contributed by atoms with van der Waals surface area (Å²) in [7, 11) is 0. The van der Waals surface area contributed by atoms with Gasteiger partial charge in [-0.25, -0.2) is 4.79 Å². The lowest BCUT2D eigenvalue weighted by Crippen LogP contribution is -2.36. The van der Waals surface area contributed by atoms with Gasteiger partial charge in [0.25, 0.3) is 0 Å². The van der Waals surface area contributed by atoms with Gasteiger partial charge in [-0.15, -0.1) is 0 Å². The van der Waals surface area contributed by atoms with Crippen molar-refractivity contribution in [1.82, 2.24) is 10.2 Å². The first-order chi connectivity index (χ1) is 34.6. The van der Waals surface area contributed by atoms with Crippen molar-refractivity contribution in [2.75, 3.05) is 46.0 Å². The van der Waals surface area contributed by atoms with Crippen LogP contribution < -0.4 is 5.32 Å². The fourth-order valence-electron chi connectivity index (χ4n) is 8.87. The van der Waals surface area contributed by atoms with Crippen molar-refractivity contribution in [2.45, 2.75) is 298 Å². The maximum atomic E-state index is 12.9. The summed E-state index contributed by atoms with van der Waals surface area (Å²) in [6.07, 6.45) is 37.3. The fourth-order valence-corrected chi connectivity index (χ4v) is 8.87. The number of amides is 1. The van der Waals surface area contributed by atoms with Gasteiger partial charge in [-0.1, -0.05) is 183 Å². The molecule has 0 saturated carbocycles. The first-order valence-corrected chi connectivity index (χ1v) is 29.9. The lowest BCUT2D eigenvalue weighted by atomic mass is 10.0. The number of hydrogen-bond donors (Lipinski definition) is 1. The molecule has 0 aromatic heterocycles. The van der Waals surface area contributed by atoms with E-state index < -0.39 is 12.0 Å². The minimum absolute atomic E-state index is 0.0102. The number of carbonyl (C=O) groups is 5. The molecule has 0 aliphatic rings. The molecule has 12 heteroatoms. The van der Waals surface area contributed by atoms with E-state index in [1.807, 2.05) is 0 Å². The van der Waals surface area contributed by atoms with Crippen LogP contribution in [0.4, 0.5) is 4.79 Å². The fraction of sp³-hybridized carbons (Fsp3) is 0.915. The molecule has 0 aromatic rings. The van der Waals surface area contributed by atoms with Gasteiger partial charge < -0.3 is 33.9 Å². The van der Waals surface area contributed by atoms with Crippen LogP contribution in [0, 0.1) is 5.92 Å². The van der Waals surface area contributed by atoms with Gasteiger partial charge in [0.2, 0.25) is 0 Å². The summed E-state index contributed by atoms with van der Waals surface area (Å²) in [5, 5.41) is 2.77. The third-order valence-corrected chi connectivity index (χ3v) is 13.6. The highest BCUT2D eigenvalue weighted by atomic mass is 16.6. The highest BCUT2D eigenvalue weighted by Crippen LogP contribution is 2.20. The molecule has 0 fully saturated rings. The number of rotatable bonds is 53. The van der Waals surface area contributed by atoms with Crippen molar-refractivity contribution >= 4 is 30.0 Å². The quantitative estimate of drug-likeness (QED) is 0.0353. The molecule has 0 atom stereocenters. The number of ether oxygens (including phenoxy) is 5. The SMILES string of the molecule is CCCCCCCCC(CCCCCCCC)OC(=O)CCCCCC(=O)OCC(COC(=O)CCCCCC(=O)OC(CCCCCCCC)CCCCCCCC)COC(=O)NCCN(CC)CC. The van der Waals surface area contributed by atoms with Crippen LogP contribution in [0.2, 0.25) is 0 Å². The van der Waals surface area contributed by atoms with E-state index in [0.29, 0.717) is 64.5 Å². The molecule has 0 unspecified atom stereocenters. The van der Waals surface area contributed by atoms with Crippen LogP contribution in [0.1, 0.15) is 286 Å². The van der Waals surface area contributed by atoms with E-state index >= 15 is 0 Å². The van der Waals surface area contributed by atoms with Gasteiger partial charge in [-0.3, -0.25) is 19.2 Å². The second-order valence-corrected chi connectivity index (χ2v) is 20.4. The number of likely N-dealkylation sites (N-methyl/N-ethyl adjacent to an activating group) is 1. The van der Waals surface area contributed by atoms with Crippen LogP contribution in [0.5, 0.6) is 0 Å². The zero-order valence-electron chi connectivity index (χ0n) is 47.1. The summed E-state index contributed by atoms with van der Waals surface area (Å²) >= 11 is 0. The van der Waals surface area contributed by atoms with Crippen molar-refractivity contribution in [3.63, 3.8) is 0 Å². The van der Waals surface area contributed by atoms with Gasteiger partial charge in [0.15, 0.2) is 0 Å². The molecule has 0 radical (unpaired) electrons. The van der Waals surface area contributed by atoms with Gasteiger partial charge in [-0.05, 0) is 90.1 Å². The van der Waals surface area contributed by atoms with E-state index in [2.05, 4.69) is 51.8 Å². The first-order valence-electron chi connectivity index (χ1n) is 29.9. The summed E-state index contributed by atoms with van der Waals surface area (Å²) in [6, 6.07) is 0. The van der Waals surface area contributed by atoms with Gasteiger partial charge in [0, 0.05) is 38.8 Å². The van der Waals surface area contributed by atoms with Crippen molar-refractivity contribution in [3.8, 4) is 0 Å². The number of carbonyl (C=O) groups excluding carboxylic acids is 5. The van der Waals surface area contributed by atoms with Crippen LogP contribution in [-0.2, 0) is 42.9 Å². The molecule has 71 heavy (non-hydrogen) atoms. The lowest BCUT2D eigenvalue weighted by Gasteiger charge is -2.19. The predicted octanol–water partition coefficient (Wildman–Crippen LogP) is 15.5. The maximum Gasteiger partial charge on any atom is 0.407 e. The van der Waals surface area contributed by atoms with Crippen molar-refractivity contribution in [3.05, 3.63) is 0 Å². The molecule has 0 aliphatic heterocycles. The van der Waals surface area contributed by atoms with Crippen LogP contribution in [0.25, 0.3) is 0 Å². The standard InChI is InChI=1S/C59H112N2O10/c1-7-13-17-21-25-31-39-53(40-32-26-22-18-14-8-2)70-57(64)45-37-29-35-43-55(62)67-49-52(51-69-59(66)60-47-48-61(11-5)12-6)50-68-56(63)44-36-30-38-46-58(65)71-54(41-33-27-23-19-15-9-3)42-34-28-24-20-16-10-4/h52-54H,7-51H2,1-6H3,(H,60,66). The Morgan fingerprint density at radius 2 is 0.662 bits per heavy atom. The Bertz CT molecular complexity index is 1140. The van der Waals surface area contributed by atoms with Crippen LogP contribution >= 0.6 is 0 Å². The topological polar surface area (TPSA) is 147 Å². The molecule has 12 nitrogen and oxygen atoms in total. The summed E-state index contributed by atoms with van der Waals surface area (Å²) in [6.45, 7) is 15.7. The molecule has 0 aromatic carbocycles. The summed E-state index contributed by atoms with van der Waals surface area (Å²) in [5.74, 6) is -1.61. The molecule has 1 N–H and O–H groups in total. The second kappa shape index (κ2) is 52.0. The van der Waals surface area contributed by atoms with E-state index in [1.165, 1.54) is 128 Å². The van der Waals surface area contributed by atoms with E-state index in [0.717, 1.165) is 64.5 Å². The monoisotopic (exact) mass is 1010 g/mol. The van der Waals surface area contributed by atoms with E-state index in [-0.39, 0.29) is 68.7 Å². The van der Waals surface area contributed by atoms with Crippen molar-refractivity contribution in [2.24, 2.45) is 5.92 Å². The number of hydrogen-bond acceptors (Lipinski definition) is 11. The average molecular weight is 1010 g/mol. The Labute approximate surface area is 436 Å². The average Bonchev–Trinajstić information content (AvgIpc) is 3.36. The molecule has 0 rings (SSSR count). The summed E-state index contributed by atoms with van der Waals surface area (Å²) in [4.78, 5) is 66.0. The Hall–Kier alpha value is -2.89. The molecule has 0 heterocycles. The van der Waals surface area contributed by atoms with E-state index in [4.69, 9.17) is 23.7 Å². The Morgan fingerprint density at radius 3 is 1.00 bits per heavy atom. The summed E-state index contributed by atoms with van der Waals surface area (Å²) in [5.41, 5.74) is 0. The molecule has 0 spiro atoms. The molecule has 0 aliphatic carbocycles. The number of esters is 4. The maximum absolute atomic E-state index is 12.9. The van der Waals surface area contributed by atoms with Gasteiger partial charge in [0.05, 0.1) is 5.92 Å². The number of nitrogens with one attached hydrogen (secondary N) is 1. The minimum Gasteiger partial charge on any atom is -0.465 e. The van der Waals surface area contributed by atoms with Crippen molar-refractivity contribution < 1.29 is 47.7 Å². The minimum atomic E-state index is -0.580. The third-order valence-electron chi connectivity index (χ3n) is 13.6. The highest BCUT2D eigenvalue weighted by Gasteiger charge is 2.20. The van der Waals surface area contributed by atoms with Gasteiger partial charge in [0.1, 0.15) is 32.0 Å². The first kappa shape index (κ1) is 68.1. The highest BCUT2D eigenvalue weighted by molar-refractivity contribution is 5.71.